The Hall–Kier alpha value is -2.08. The number of urea groups is 1. The van der Waals surface area contributed by atoms with E-state index >= 15 is 0 Å². The average molecular weight is 318 g/mol. The third-order valence-corrected chi connectivity index (χ3v) is 4.47. The molecule has 2 amide bonds. The van der Waals surface area contributed by atoms with E-state index in [-0.39, 0.29) is 17.9 Å². The third kappa shape index (κ3) is 3.64. The highest BCUT2D eigenvalue weighted by Crippen LogP contribution is 2.21. The summed E-state index contributed by atoms with van der Waals surface area (Å²) < 4.78 is 10.2. The van der Waals surface area contributed by atoms with E-state index in [0.29, 0.717) is 32.8 Å². The molecule has 23 heavy (non-hydrogen) atoms. The van der Waals surface area contributed by atoms with Crippen LogP contribution < -0.4 is 5.32 Å². The Morgan fingerprint density at radius 1 is 1.35 bits per heavy atom. The van der Waals surface area contributed by atoms with Gasteiger partial charge in [-0.15, -0.1) is 0 Å². The molecule has 0 saturated carbocycles. The zero-order valence-corrected chi connectivity index (χ0v) is 13.3. The van der Waals surface area contributed by atoms with Crippen molar-refractivity contribution in [1.29, 1.82) is 0 Å². The number of hydrogen-bond acceptors (Lipinski definition) is 4. The molecule has 124 valence electrons. The molecule has 1 aromatic carbocycles. The average Bonchev–Trinajstić information content (AvgIpc) is 3.06. The molecule has 1 fully saturated rings. The number of rotatable bonds is 3. The van der Waals surface area contributed by atoms with Gasteiger partial charge in [-0.25, -0.2) is 4.79 Å². The fraction of sp³-hybridized carbons (Fsp3) is 0.529. The summed E-state index contributed by atoms with van der Waals surface area (Å²) in [4.78, 5) is 25.6. The molecule has 2 heterocycles. The molecule has 0 spiro atoms. The fourth-order valence-electron chi connectivity index (χ4n) is 3.15. The lowest BCUT2D eigenvalue weighted by Gasteiger charge is -2.31. The highest BCUT2D eigenvalue weighted by atomic mass is 16.5. The zero-order chi connectivity index (χ0) is 16.2. The fourth-order valence-corrected chi connectivity index (χ4v) is 3.15. The van der Waals surface area contributed by atoms with Gasteiger partial charge in [-0.05, 0) is 29.5 Å². The Kier molecular flexibility index (Phi) is 4.81. The first-order valence-electron chi connectivity index (χ1n) is 7.96. The van der Waals surface area contributed by atoms with Crippen molar-refractivity contribution in [2.24, 2.45) is 5.92 Å². The first-order chi connectivity index (χ1) is 11.2. The van der Waals surface area contributed by atoms with Gasteiger partial charge in [0.1, 0.15) is 0 Å². The van der Waals surface area contributed by atoms with Crippen molar-refractivity contribution >= 4 is 12.0 Å². The Balaban J connectivity index is 1.53. The number of carbonyl (C=O) groups is 2. The molecule has 1 aromatic rings. The monoisotopic (exact) mass is 318 g/mol. The van der Waals surface area contributed by atoms with Gasteiger partial charge in [-0.2, -0.15) is 0 Å². The molecule has 0 bridgehead atoms. The molecule has 0 unspecified atom stereocenters. The molecule has 0 radical (unpaired) electrons. The summed E-state index contributed by atoms with van der Waals surface area (Å²) in [6.45, 7) is 2.90. The van der Waals surface area contributed by atoms with E-state index in [1.807, 2.05) is 6.07 Å². The largest absolute Gasteiger partial charge is 0.469 e. The van der Waals surface area contributed by atoms with Gasteiger partial charge in [0.05, 0.1) is 26.2 Å². The maximum atomic E-state index is 12.3. The minimum Gasteiger partial charge on any atom is -0.469 e. The number of likely N-dealkylation sites (tertiary alicyclic amines) is 1. The van der Waals surface area contributed by atoms with Crippen molar-refractivity contribution in [3.8, 4) is 0 Å². The number of esters is 1. The second kappa shape index (κ2) is 7.00. The molecule has 6 heteroatoms. The van der Waals surface area contributed by atoms with Gasteiger partial charge in [0.15, 0.2) is 0 Å². The predicted molar refractivity (Wildman–Crippen MR) is 83.5 cm³/mol. The van der Waals surface area contributed by atoms with Crippen LogP contribution in [0.3, 0.4) is 0 Å². The van der Waals surface area contributed by atoms with E-state index in [2.05, 4.69) is 17.4 Å². The number of amides is 2. The van der Waals surface area contributed by atoms with Crippen LogP contribution in [0.15, 0.2) is 18.2 Å². The SMILES string of the molecule is COC(=O)[C@H]1CCCN(C(=O)NCc2ccc3c(c2)COC3)C1. The number of piperidine rings is 1. The third-order valence-electron chi connectivity index (χ3n) is 4.47. The lowest BCUT2D eigenvalue weighted by atomic mass is 9.98. The zero-order valence-electron chi connectivity index (χ0n) is 13.3. The van der Waals surface area contributed by atoms with Crippen LogP contribution in [-0.4, -0.2) is 37.1 Å². The van der Waals surface area contributed by atoms with Crippen molar-refractivity contribution < 1.29 is 19.1 Å². The Bertz CT molecular complexity index is 602. The lowest BCUT2D eigenvalue weighted by molar-refractivity contribution is -0.146. The van der Waals surface area contributed by atoms with Crippen LogP contribution >= 0.6 is 0 Å². The second-order valence-corrected chi connectivity index (χ2v) is 6.06. The standard InChI is InChI=1S/C17H22N2O4/c1-22-16(20)13-3-2-6-19(9-13)17(21)18-8-12-4-5-14-10-23-11-15(14)7-12/h4-5,7,13H,2-3,6,8-11H2,1H3,(H,18,21)/t13-/m0/s1. The van der Waals surface area contributed by atoms with Crippen LogP contribution in [0.2, 0.25) is 0 Å². The molecule has 1 atom stereocenters. The second-order valence-electron chi connectivity index (χ2n) is 6.06. The van der Waals surface area contributed by atoms with Gasteiger partial charge in [0, 0.05) is 19.6 Å². The van der Waals surface area contributed by atoms with Crippen molar-refractivity contribution in [2.75, 3.05) is 20.2 Å². The molecule has 3 rings (SSSR count). The Morgan fingerprint density at radius 2 is 2.17 bits per heavy atom. The first-order valence-corrected chi connectivity index (χ1v) is 7.96. The van der Waals surface area contributed by atoms with Gasteiger partial charge in [-0.3, -0.25) is 4.79 Å². The number of fused-ring (bicyclic) bond motifs is 1. The number of methoxy groups -OCH3 is 1. The van der Waals surface area contributed by atoms with Gasteiger partial charge >= 0.3 is 12.0 Å². The number of hydrogen-bond donors (Lipinski definition) is 1. The summed E-state index contributed by atoms with van der Waals surface area (Å²) in [5.74, 6) is -0.447. The van der Waals surface area contributed by atoms with Crippen LogP contribution in [-0.2, 0) is 34.0 Å². The van der Waals surface area contributed by atoms with Gasteiger partial charge in [0.2, 0.25) is 0 Å². The molecular weight excluding hydrogens is 296 g/mol. The first kappa shape index (κ1) is 15.8. The maximum Gasteiger partial charge on any atom is 0.317 e. The van der Waals surface area contributed by atoms with E-state index in [4.69, 9.17) is 9.47 Å². The summed E-state index contributed by atoms with van der Waals surface area (Å²) in [6.07, 6.45) is 1.60. The summed E-state index contributed by atoms with van der Waals surface area (Å²) in [6, 6.07) is 6.02. The van der Waals surface area contributed by atoms with Crippen molar-refractivity contribution in [3.63, 3.8) is 0 Å². The summed E-state index contributed by atoms with van der Waals surface area (Å²) in [5.41, 5.74) is 3.47. The smallest absolute Gasteiger partial charge is 0.317 e. The normalized spacial score (nSPS) is 20.0. The Morgan fingerprint density at radius 3 is 3.00 bits per heavy atom. The van der Waals surface area contributed by atoms with Crippen LogP contribution in [0.5, 0.6) is 0 Å². The minimum absolute atomic E-state index is 0.129. The van der Waals surface area contributed by atoms with Crippen LogP contribution in [0.1, 0.15) is 29.5 Å². The quantitative estimate of drug-likeness (QED) is 0.863. The summed E-state index contributed by atoms with van der Waals surface area (Å²) in [5, 5.41) is 2.93. The van der Waals surface area contributed by atoms with Crippen LogP contribution in [0.25, 0.3) is 0 Å². The molecule has 0 aliphatic carbocycles. The molecule has 6 nitrogen and oxygen atoms in total. The van der Waals surface area contributed by atoms with E-state index in [1.165, 1.54) is 18.2 Å². The van der Waals surface area contributed by atoms with Crippen molar-refractivity contribution in [2.45, 2.75) is 32.6 Å². The number of carbonyl (C=O) groups excluding carboxylic acids is 2. The molecule has 1 saturated heterocycles. The molecular formula is C17H22N2O4. The van der Waals surface area contributed by atoms with E-state index in [1.54, 1.807) is 4.90 Å². The molecule has 2 aliphatic rings. The summed E-state index contributed by atoms with van der Waals surface area (Å²) in [7, 11) is 1.39. The highest BCUT2D eigenvalue weighted by molar-refractivity contribution is 5.77. The van der Waals surface area contributed by atoms with Crippen molar-refractivity contribution in [1.82, 2.24) is 10.2 Å². The number of nitrogens with one attached hydrogen (secondary N) is 1. The highest BCUT2D eigenvalue weighted by Gasteiger charge is 2.28. The number of benzene rings is 1. The molecule has 1 N–H and O–H groups in total. The molecule has 2 aliphatic heterocycles. The topological polar surface area (TPSA) is 67.9 Å². The lowest BCUT2D eigenvalue weighted by Crippen LogP contribution is -2.47. The van der Waals surface area contributed by atoms with E-state index in [9.17, 15) is 9.59 Å². The van der Waals surface area contributed by atoms with Crippen LogP contribution in [0.4, 0.5) is 4.79 Å². The number of ether oxygens (including phenoxy) is 2. The van der Waals surface area contributed by atoms with Crippen molar-refractivity contribution in [3.05, 3.63) is 34.9 Å². The van der Waals surface area contributed by atoms with E-state index in [0.717, 1.165) is 18.4 Å². The van der Waals surface area contributed by atoms with Crippen LogP contribution in [0, 0.1) is 5.92 Å². The maximum absolute atomic E-state index is 12.3. The minimum atomic E-state index is -0.235. The summed E-state index contributed by atoms with van der Waals surface area (Å²) >= 11 is 0. The number of nitrogens with zero attached hydrogens (tertiary/aromatic N) is 1. The van der Waals surface area contributed by atoms with E-state index < -0.39 is 0 Å². The Labute approximate surface area is 135 Å². The molecule has 0 aromatic heterocycles. The van der Waals surface area contributed by atoms with Gasteiger partial charge in [-0.1, -0.05) is 18.2 Å². The van der Waals surface area contributed by atoms with Gasteiger partial charge in [0.25, 0.3) is 0 Å². The predicted octanol–water partition coefficient (Wildman–Crippen LogP) is 1.81. The van der Waals surface area contributed by atoms with Gasteiger partial charge < -0.3 is 19.7 Å².